The van der Waals surface area contributed by atoms with E-state index in [-0.39, 0.29) is 6.10 Å². The fourth-order valence-electron chi connectivity index (χ4n) is 3.76. The number of morpholine rings is 1. The summed E-state index contributed by atoms with van der Waals surface area (Å²) in [6.45, 7) is 7.48. The molecule has 7 nitrogen and oxygen atoms in total. The molecule has 0 amide bonds. The highest BCUT2D eigenvalue weighted by Crippen LogP contribution is 2.25. The molecule has 1 N–H and O–H groups in total. The average Bonchev–Trinajstić information content (AvgIpc) is 3.12. The van der Waals surface area contributed by atoms with Crippen LogP contribution in [0.1, 0.15) is 34.4 Å². The van der Waals surface area contributed by atoms with Crippen LogP contribution in [-0.4, -0.2) is 45.3 Å². The molecule has 31 heavy (non-hydrogen) atoms. The molecule has 1 unspecified atom stereocenters. The Labute approximate surface area is 183 Å². The van der Waals surface area contributed by atoms with Gasteiger partial charge in [0.05, 0.1) is 26.2 Å². The van der Waals surface area contributed by atoms with Crippen molar-refractivity contribution in [3.63, 3.8) is 0 Å². The normalized spacial score (nSPS) is 17.1. The second-order valence-corrected chi connectivity index (χ2v) is 7.86. The van der Waals surface area contributed by atoms with Crippen molar-refractivity contribution >= 4 is 5.96 Å². The number of benzene rings is 2. The molecule has 0 radical (unpaired) electrons. The third kappa shape index (κ3) is 5.11. The van der Waals surface area contributed by atoms with Gasteiger partial charge in [0.25, 0.3) is 0 Å². The molecule has 0 saturated carbocycles. The standard InChI is InChI=1S/C24H30N6O/c1-18-9-7-8-12-21(18)22-17-30(13-14-31-22)24(25-15-20-10-5-4-6-11-20)26-16-23-28-27-19(2)29(23)3/h4-12,22H,13-17H2,1-3H3,(H,25,26). The van der Waals surface area contributed by atoms with E-state index in [9.17, 15) is 0 Å². The molecule has 1 fully saturated rings. The molecule has 4 rings (SSSR count). The molecule has 1 aromatic heterocycles. The lowest BCUT2D eigenvalue weighted by Gasteiger charge is -2.36. The lowest BCUT2D eigenvalue weighted by molar-refractivity contribution is -0.00841. The summed E-state index contributed by atoms with van der Waals surface area (Å²) in [4.78, 5) is 7.22. The molecule has 2 heterocycles. The molecule has 1 atom stereocenters. The smallest absolute Gasteiger partial charge is 0.194 e. The van der Waals surface area contributed by atoms with Crippen molar-refractivity contribution in [1.82, 2.24) is 25.0 Å². The highest BCUT2D eigenvalue weighted by molar-refractivity contribution is 5.80. The molecular formula is C24H30N6O. The number of ether oxygens (including phenoxy) is 1. The number of hydrogen-bond donors (Lipinski definition) is 1. The van der Waals surface area contributed by atoms with Gasteiger partial charge in [0.2, 0.25) is 0 Å². The van der Waals surface area contributed by atoms with E-state index < -0.39 is 0 Å². The van der Waals surface area contributed by atoms with Gasteiger partial charge < -0.3 is 19.5 Å². The highest BCUT2D eigenvalue weighted by atomic mass is 16.5. The van der Waals surface area contributed by atoms with Crippen LogP contribution in [0.25, 0.3) is 0 Å². The summed E-state index contributed by atoms with van der Waals surface area (Å²) in [5.74, 6) is 2.64. The molecule has 2 aromatic carbocycles. The first-order valence-corrected chi connectivity index (χ1v) is 10.7. The van der Waals surface area contributed by atoms with Crippen LogP contribution >= 0.6 is 0 Å². The fraction of sp³-hybridized carbons (Fsp3) is 0.375. The number of nitrogens with zero attached hydrogens (tertiary/aromatic N) is 5. The van der Waals surface area contributed by atoms with Crippen molar-refractivity contribution in [2.24, 2.45) is 12.0 Å². The van der Waals surface area contributed by atoms with Crippen molar-refractivity contribution in [3.05, 3.63) is 82.9 Å². The monoisotopic (exact) mass is 418 g/mol. The summed E-state index contributed by atoms with van der Waals surface area (Å²) < 4.78 is 8.12. The van der Waals surface area contributed by atoms with Crippen LogP contribution in [-0.2, 0) is 24.9 Å². The molecule has 0 spiro atoms. The van der Waals surface area contributed by atoms with E-state index in [0.717, 1.165) is 30.7 Å². The van der Waals surface area contributed by atoms with Gasteiger partial charge in [-0.3, -0.25) is 0 Å². The molecule has 3 aromatic rings. The van der Waals surface area contributed by atoms with Crippen LogP contribution in [0.5, 0.6) is 0 Å². The zero-order valence-corrected chi connectivity index (χ0v) is 18.5. The quantitative estimate of drug-likeness (QED) is 0.509. The van der Waals surface area contributed by atoms with Crippen molar-refractivity contribution < 1.29 is 4.74 Å². The third-order valence-electron chi connectivity index (χ3n) is 5.74. The van der Waals surface area contributed by atoms with E-state index in [4.69, 9.17) is 9.73 Å². The zero-order valence-electron chi connectivity index (χ0n) is 18.5. The van der Waals surface area contributed by atoms with Crippen LogP contribution in [0.15, 0.2) is 59.6 Å². The van der Waals surface area contributed by atoms with E-state index in [1.165, 1.54) is 16.7 Å². The number of hydrogen-bond acceptors (Lipinski definition) is 4. The predicted molar refractivity (Wildman–Crippen MR) is 122 cm³/mol. The summed E-state index contributed by atoms with van der Waals surface area (Å²) in [6.07, 6.45) is 0.0238. The van der Waals surface area contributed by atoms with E-state index in [0.29, 0.717) is 19.7 Å². The van der Waals surface area contributed by atoms with E-state index in [2.05, 4.69) is 63.7 Å². The van der Waals surface area contributed by atoms with Crippen molar-refractivity contribution in [2.75, 3.05) is 19.7 Å². The summed E-state index contributed by atoms with van der Waals surface area (Å²) in [7, 11) is 1.98. The molecular weight excluding hydrogens is 388 g/mol. The lowest BCUT2D eigenvalue weighted by atomic mass is 10.0. The van der Waals surface area contributed by atoms with E-state index in [1.54, 1.807) is 0 Å². The molecule has 0 aliphatic carbocycles. The number of aryl methyl sites for hydroxylation is 2. The van der Waals surface area contributed by atoms with Gasteiger partial charge in [-0.05, 0) is 30.5 Å². The SMILES string of the molecule is Cc1ccccc1C1CN(C(=NCc2ccccc2)NCc2nnc(C)n2C)CCO1. The first-order chi connectivity index (χ1) is 15.1. The van der Waals surface area contributed by atoms with Crippen molar-refractivity contribution in [3.8, 4) is 0 Å². The molecule has 162 valence electrons. The Morgan fingerprint density at radius 3 is 2.61 bits per heavy atom. The minimum absolute atomic E-state index is 0.0238. The lowest BCUT2D eigenvalue weighted by Crippen LogP contribution is -2.48. The fourth-order valence-corrected chi connectivity index (χ4v) is 3.76. The van der Waals surface area contributed by atoms with Crippen LogP contribution < -0.4 is 5.32 Å². The predicted octanol–water partition coefficient (Wildman–Crippen LogP) is 3.15. The summed E-state index contributed by atoms with van der Waals surface area (Å²) >= 11 is 0. The minimum atomic E-state index is 0.0238. The Kier molecular flexibility index (Phi) is 6.62. The van der Waals surface area contributed by atoms with Crippen molar-refractivity contribution in [2.45, 2.75) is 33.0 Å². The van der Waals surface area contributed by atoms with Crippen molar-refractivity contribution in [1.29, 1.82) is 0 Å². The topological polar surface area (TPSA) is 67.6 Å². The van der Waals surface area contributed by atoms with Crippen LogP contribution in [0.4, 0.5) is 0 Å². The van der Waals surface area contributed by atoms with E-state index >= 15 is 0 Å². The maximum atomic E-state index is 6.12. The number of guanidine groups is 1. The second kappa shape index (κ2) is 9.75. The maximum absolute atomic E-state index is 6.12. The second-order valence-electron chi connectivity index (χ2n) is 7.86. The Morgan fingerprint density at radius 2 is 1.87 bits per heavy atom. The molecule has 7 heteroatoms. The van der Waals surface area contributed by atoms with Crippen LogP contribution in [0.2, 0.25) is 0 Å². The molecule has 1 aliphatic heterocycles. The average molecular weight is 419 g/mol. The first-order valence-electron chi connectivity index (χ1n) is 10.7. The van der Waals surface area contributed by atoms with Gasteiger partial charge >= 0.3 is 0 Å². The zero-order chi connectivity index (χ0) is 21.6. The van der Waals surface area contributed by atoms with Gasteiger partial charge in [-0.25, -0.2) is 4.99 Å². The molecule has 1 saturated heterocycles. The van der Waals surface area contributed by atoms with Gasteiger partial charge in [0.1, 0.15) is 11.9 Å². The highest BCUT2D eigenvalue weighted by Gasteiger charge is 2.25. The summed E-state index contributed by atoms with van der Waals surface area (Å²) in [5, 5.41) is 12.0. The van der Waals surface area contributed by atoms with Gasteiger partial charge in [0.15, 0.2) is 11.8 Å². The minimum Gasteiger partial charge on any atom is -0.370 e. The number of aliphatic imine (C=N–C) groups is 1. The first kappa shape index (κ1) is 21.1. The van der Waals surface area contributed by atoms with Gasteiger partial charge in [-0.1, -0.05) is 54.6 Å². The number of rotatable bonds is 5. The van der Waals surface area contributed by atoms with Crippen LogP contribution in [0, 0.1) is 13.8 Å². The largest absolute Gasteiger partial charge is 0.370 e. The maximum Gasteiger partial charge on any atom is 0.194 e. The summed E-state index contributed by atoms with van der Waals surface area (Å²) in [6, 6.07) is 18.7. The Bertz CT molecular complexity index is 1030. The molecule has 0 bridgehead atoms. The Hall–Kier alpha value is -3.19. The van der Waals surface area contributed by atoms with E-state index in [1.807, 2.05) is 36.7 Å². The van der Waals surface area contributed by atoms with Gasteiger partial charge in [-0.2, -0.15) is 0 Å². The van der Waals surface area contributed by atoms with Gasteiger partial charge in [0, 0.05) is 13.6 Å². The Morgan fingerprint density at radius 1 is 1.10 bits per heavy atom. The summed E-state index contributed by atoms with van der Waals surface area (Å²) in [5.41, 5.74) is 3.66. The number of aromatic nitrogens is 3. The van der Waals surface area contributed by atoms with Gasteiger partial charge in [-0.15, -0.1) is 10.2 Å². The van der Waals surface area contributed by atoms with Crippen LogP contribution in [0.3, 0.4) is 0 Å². The third-order valence-corrected chi connectivity index (χ3v) is 5.74. The Balaban J connectivity index is 1.53. The molecule has 1 aliphatic rings. The number of nitrogens with one attached hydrogen (secondary N) is 1.